The van der Waals surface area contributed by atoms with Gasteiger partial charge in [0.15, 0.2) is 5.82 Å². The number of nitrogens with zero attached hydrogens (tertiary/aromatic N) is 3. The first-order chi connectivity index (χ1) is 10.6. The normalized spacial score (nSPS) is 20.0. The molecule has 2 heterocycles. The van der Waals surface area contributed by atoms with Gasteiger partial charge in [-0.05, 0) is 38.2 Å². The lowest BCUT2D eigenvalue weighted by Crippen LogP contribution is -2.44. The smallest absolute Gasteiger partial charge is 0.239 e. The van der Waals surface area contributed by atoms with Crippen LogP contribution in [-0.4, -0.2) is 41.7 Å². The van der Waals surface area contributed by atoms with Gasteiger partial charge in [0.25, 0.3) is 0 Å². The highest BCUT2D eigenvalue weighted by atomic mass is 79.9. The van der Waals surface area contributed by atoms with E-state index in [-0.39, 0.29) is 23.7 Å². The fraction of sp³-hybridized carbons (Fsp3) is 0.467. The van der Waals surface area contributed by atoms with Crippen LogP contribution < -0.4 is 5.32 Å². The van der Waals surface area contributed by atoms with Crippen molar-refractivity contribution < 1.29 is 4.52 Å². The van der Waals surface area contributed by atoms with Crippen LogP contribution in [0.2, 0.25) is 0 Å². The van der Waals surface area contributed by atoms with E-state index in [1.54, 1.807) is 11.8 Å². The zero-order chi connectivity index (χ0) is 15.5. The molecule has 2 aromatic rings. The van der Waals surface area contributed by atoms with E-state index >= 15 is 0 Å². The lowest BCUT2D eigenvalue weighted by molar-refractivity contribution is 0.190. The molecule has 0 amide bonds. The van der Waals surface area contributed by atoms with Crippen molar-refractivity contribution in [3.8, 4) is 0 Å². The van der Waals surface area contributed by atoms with Crippen molar-refractivity contribution in [3.63, 3.8) is 0 Å². The second kappa shape index (κ2) is 8.48. The first-order valence-corrected chi connectivity index (χ1v) is 8.97. The van der Waals surface area contributed by atoms with Crippen LogP contribution in [0.1, 0.15) is 29.9 Å². The van der Waals surface area contributed by atoms with Crippen LogP contribution in [0.25, 0.3) is 0 Å². The maximum Gasteiger partial charge on any atom is 0.239 e. The van der Waals surface area contributed by atoms with E-state index in [0.717, 1.165) is 29.9 Å². The molecule has 1 aliphatic rings. The van der Waals surface area contributed by atoms with Gasteiger partial charge in [-0.2, -0.15) is 4.98 Å². The van der Waals surface area contributed by atoms with Crippen molar-refractivity contribution in [1.29, 1.82) is 0 Å². The Morgan fingerprint density at radius 1 is 1.39 bits per heavy atom. The van der Waals surface area contributed by atoms with Gasteiger partial charge in [-0.1, -0.05) is 21.1 Å². The Labute approximate surface area is 155 Å². The van der Waals surface area contributed by atoms with Gasteiger partial charge in [0, 0.05) is 29.0 Å². The fourth-order valence-corrected chi connectivity index (χ4v) is 3.57. The molecule has 0 spiro atoms. The fourth-order valence-electron chi connectivity index (χ4n) is 2.41. The summed E-state index contributed by atoms with van der Waals surface area (Å²) in [6.07, 6.45) is 0. The molecule has 1 aromatic heterocycles. The second-order valence-electron chi connectivity index (χ2n) is 5.41. The van der Waals surface area contributed by atoms with Gasteiger partial charge in [0.2, 0.25) is 5.89 Å². The predicted molar refractivity (Wildman–Crippen MR) is 98.2 cm³/mol. The van der Waals surface area contributed by atoms with Gasteiger partial charge < -0.3 is 9.84 Å². The molecule has 5 nitrogen and oxygen atoms in total. The third-order valence-electron chi connectivity index (χ3n) is 3.74. The van der Waals surface area contributed by atoms with E-state index in [1.165, 1.54) is 4.90 Å². The molecular weight excluding hydrogens is 400 g/mol. The van der Waals surface area contributed by atoms with Crippen molar-refractivity contribution >= 4 is 40.1 Å². The van der Waals surface area contributed by atoms with Crippen LogP contribution >= 0.6 is 40.1 Å². The lowest BCUT2D eigenvalue weighted by Gasteiger charge is -2.30. The van der Waals surface area contributed by atoms with Crippen LogP contribution in [0.4, 0.5) is 0 Å². The quantitative estimate of drug-likeness (QED) is 0.763. The first kappa shape index (κ1) is 18.7. The number of piperazine rings is 1. The van der Waals surface area contributed by atoms with Crippen molar-refractivity contribution in [2.45, 2.75) is 23.1 Å². The third kappa shape index (κ3) is 4.70. The molecule has 0 aliphatic carbocycles. The van der Waals surface area contributed by atoms with Gasteiger partial charge in [-0.15, -0.1) is 24.2 Å². The summed E-state index contributed by atoms with van der Waals surface area (Å²) in [5.41, 5.74) is 0. The summed E-state index contributed by atoms with van der Waals surface area (Å²) in [7, 11) is 2.10. The van der Waals surface area contributed by atoms with Crippen LogP contribution in [0.3, 0.4) is 0 Å². The van der Waals surface area contributed by atoms with Crippen molar-refractivity contribution in [2.24, 2.45) is 0 Å². The van der Waals surface area contributed by atoms with Crippen molar-refractivity contribution in [2.75, 3.05) is 26.7 Å². The highest BCUT2D eigenvalue weighted by molar-refractivity contribution is 9.10. The van der Waals surface area contributed by atoms with Crippen LogP contribution in [-0.2, 0) is 0 Å². The molecule has 2 atom stereocenters. The minimum absolute atomic E-state index is 0. The third-order valence-corrected chi connectivity index (χ3v) is 5.37. The molecule has 8 heteroatoms. The summed E-state index contributed by atoms with van der Waals surface area (Å²) in [6.45, 7) is 4.96. The number of nitrogens with one attached hydrogen (secondary N) is 1. The van der Waals surface area contributed by atoms with Gasteiger partial charge in [0.05, 0.1) is 11.3 Å². The van der Waals surface area contributed by atoms with E-state index in [1.807, 2.05) is 12.1 Å². The topological polar surface area (TPSA) is 54.2 Å². The summed E-state index contributed by atoms with van der Waals surface area (Å²) >= 11 is 5.17. The zero-order valence-corrected chi connectivity index (χ0v) is 16.2. The van der Waals surface area contributed by atoms with E-state index in [4.69, 9.17) is 4.52 Å². The Bertz CT molecular complexity index is 624. The number of rotatable bonds is 4. The molecule has 23 heavy (non-hydrogen) atoms. The number of halogens is 2. The monoisotopic (exact) mass is 418 g/mol. The Balaban J connectivity index is 0.00000192. The van der Waals surface area contributed by atoms with E-state index in [2.05, 4.69) is 62.4 Å². The molecule has 0 radical (unpaired) electrons. The second-order valence-corrected chi connectivity index (χ2v) is 7.74. The van der Waals surface area contributed by atoms with Gasteiger partial charge in [0.1, 0.15) is 0 Å². The van der Waals surface area contributed by atoms with Gasteiger partial charge in [-0.25, -0.2) is 0 Å². The molecule has 1 N–H and O–H groups in total. The summed E-state index contributed by atoms with van der Waals surface area (Å²) in [6, 6.07) is 8.44. The first-order valence-electron chi connectivity index (χ1n) is 7.30. The minimum Gasteiger partial charge on any atom is -0.338 e. The van der Waals surface area contributed by atoms with Crippen LogP contribution in [0.5, 0.6) is 0 Å². The number of hydrogen-bond donors (Lipinski definition) is 1. The van der Waals surface area contributed by atoms with Gasteiger partial charge in [-0.3, -0.25) is 4.90 Å². The van der Waals surface area contributed by atoms with Gasteiger partial charge >= 0.3 is 0 Å². The molecule has 1 aliphatic heterocycles. The summed E-state index contributed by atoms with van der Waals surface area (Å²) in [4.78, 5) is 8.06. The lowest BCUT2D eigenvalue weighted by atomic mass is 10.2. The van der Waals surface area contributed by atoms with Crippen LogP contribution in [0.15, 0.2) is 38.2 Å². The van der Waals surface area contributed by atoms with E-state index in [9.17, 15) is 0 Å². The SMILES string of the molecule is CC(Sc1ccc(Br)cc1)c1nc(C2CNCCN2C)no1.Cl. The Hall–Kier alpha value is -0.600. The average Bonchev–Trinajstić information content (AvgIpc) is 3.00. The molecule has 3 rings (SSSR count). The van der Waals surface area contributed by atoms with Crippen LogP contribution in [0, 0.1) is 0 Å². The van der Waals surface area contributed by atoms with Crippen molar-refractivity contribution in [1.82, 2.24) is 20.4 Å². The minimum atomic E-state index is 0. The zero-order valence-electron chi connectivity index (χ0n) is 13.0. The summed E-state index contributed by atoms with van der Waals surface area (Å²) in [5.74, 6) is 1.45. The largest absolute Gasteiger partial charge is 0.338 e. The average molecular weight is 420 g/mol. The number of hydrogen-bond acceptors (Lipinski definition) is 6. The Morgan fingerprint density at radius 3 is 2.83 bits per heavy atom. The van der Waals surface area contributed by atoms with E-state index in [0.29, 0.717) is 5.89 Å². The van der Waals surface area contributed by atoms with E-state index < -0.39 is 0 Å². The maximum absolute atomic E-state index is 5.48. The molecule has 0 saturated carbocycles. The summed E-state index contributed by atoms with van der Waals surface area (Å²) in [5, 5.41) is 7.68. The predicted octanol–water partition coefficient (Wildman–Crippen LogP) is 3.68. The molecule has 1 saturated heterocycles. The standard InChI is InChI=1S/C15H19BrN4OS.ClH/c1-10(22-12-5-3-11(16)4-6-12)15-18-14(19-21-15)13-9-17-7-8-20(13)2;/h3-6,10,13,17H,7-9H2,1-2H3;1H. The molecule has 2 unspecified atom stereocenters. The molecule has 126 valence electrons. The molecule has 0 bridgehead atoms. The summed E-state index contributed by atoms with van der Waals surface area (Å²) < 4.78 is 6.56. The molecule has 1 fully saturated rings. The Morgan fingerprint density at radius 2 is 2.13 bits per heavy atom. The maximum atomic E-state index is 5.48. The molecular formula is C15H20BrClN4OS. The number of thioether (sulfide) groups is 1. The number of benzene rings is 1. The van der Waals surface area contributed by atoms with Crippen molar-refractivity contribution in [3.05, 3.63) is 40.5 Å². The Kier molecular flexibility index (Phi) is 6.91. The highest BCUT2D eigenvalue weighted by Gasteiger charge is 2.26. The highest BCUT2D eigenvalue weighted by Crippen LogP contribution is 2.35. The number of aromatic nitrogens is 2. The molecule has 1 aromatic carbocycles. The number of likely N-dealkylation sites (N-methyl/N-ethyl adjacent to an activating group) is 1.